The predicted molar refractivity (Wildman–Crippen MR) is 262 cm³/mol. The number of ether oxygens (including phenoxy) is 2. The molecule has 0 aromatic heterocycles. The topological polar surface area (TPSA) is 24.5 Å². The Kier molecular flexibility index (Phi) is 13.4. The van der Waals surface area contributed by atoms with Gasteiger partial charge in [-0.05, 0) is 121 Å². The maximum Gasteiger partial charge on any atom is 0.705 e. The van der Waals surface area contributed by atoms with Crippen molar-refractivity contribution in [3.05, 3.63) is 81.4 Å². The number of unbranched alkanes of at least 4 members (excludes halogenated alkanes) is 4. The van der Waals surface area contributed by atoms with Gasteiger partial charge in [-0.25, -0.2) is 0 Å². The van der Waals surface area contributed by atoms with Crippen LogP contribution in [0.2, 0.25) is 0 Å². The Morgan fingerprint density at radius 1 is 0.613 bits per heavy atom. The van der Waals surface area contributed by atoms with E-state index < -0.39 is 6.03 Å². The van der Waals surface area contributed by atoms with Gasteiger partial charge in [0.15, 0.2) is 23.9 Å². The fraction of sp³-hybridized carbons (Fsp3) is 0.649. The minimum absolute atomic E-state index is 0.0118. The van der Waals surface area contributed by atoms with Gasteiger partial charge in [0.2, 0.25) is 11.1 Å². The lowest BCUT2D eigenvalue weighted by molar-refractivity contribution is -0.929. The molecule has 3 aromatic carbocycles. The van der Waals surface area contributed by atoms with Crippen LogP contribution >= 0.6 is 0 Å². The second-order valence-electron chi connectivity index (χ2n) is 22.6. The van der Waals surface area contributed by atoms with E-state index in [1.807, 2.05) is 0 Å². The molecule has 2 fully saturated rings. The van der Waals surface area contributed by atoms with Crippen molar-refractivity contribution in [1.29, 1.82) is 0 Å². The first-order valence-corrected chi connectivity index (χ1v) is 25.4. The fourth-order valence-corrected chi connectivity index (χ4v) is 11.8. The average molecular weight is 845 g/mol. The molecule has 7 rings (SSSR count). The predicted octanol–water partition coefficient (Wildman–Crippen LogP) is 13.8. The Morgan fingerprint density at radius 2 is 1.11 bits per heavy atom. The van der Waals surface area contributed by atoms with Crippen molar-refractivity contribution in [2.45, 2.75) is 214 Å². The van der Waals surface area contributed by atoms with Gasteiger partial charge in [-0.3, -0.25) is 0 Å². The molecule has 62 heavy (non-hydrogen) atoms. The molecule has 0 radical (unpaired) electrons. The molecule has 3 heterocycles. The lowest BCUT2D eigenvalue weighted by Crippen LogP contribution is -2.61. The zero-order chi connectivity index (χ0) is 44.7. The number of quaternary nitrogens is 1. The Bertz CT molecular complexity index is 2140. The van der Waals surface area contributed by atoms with Gasteiger partial charge in [0, 0.05) is 38.7 Å². The molecule has 3 unspecified atom stereocenters. The second-order valence-corrected chi connectivity index (χ2v) is 22.6. The highest BCUT2D eigenvalue weighted by molar-refractivity contribution is 5.87. The molecule has 1 saturated heterocycles. The first-order valence-electron chi connectivity index (χ1n) is 25.4. The van der Waals surface area contributed by atoms with E-state index in [0.29, 0.717) is 0 Å². The number of hydrogen-bond donors (Lipinski definition) is 0. The Balaban J connectivity index is 1.34. The number of rotatable bonds is 17. The highest BCUT2D eigenvalue weighted by atomic mass is 16.7. The Labute approximate surface area is 378 Å². The minimum atomic E-state index is -1.12. The molecule has 338 valence electrons. The maximum absolute atomic E-state index is 7.62. The summed E-state index contributed by atoms with van der Waals surface area (Å²) in [5, 5.41) is 0. The van der Waals surface area contributed by atoms with Gasteiger partial charge in [-0.15, -0.1) is 0 Å². The first kappa shape index (κ1) is 46.5. The van der Waals surface area contributed by atoms with Gasteiger partial charge in [0.05, 0.1) is 37.3 Å². The van der Waals surface area contributed by atoms with Gasteiger partial charge < -0.3 is 14.0 Å². The van der Waals surface area contributed by atoms with E-state index in [1.54, 1.807) is 0 Å². The number of aryl methyl sites for hydroxylation is 3. The van der Waals surface area contributed by atoms with Gasteiger partial charge in [0.25, 0.3) is 0 Å². The van der Waals surface area contributed by atoms with Crippen molar-refractivity contribution in [1.82, 2.24) is 0 Å². The Morgan fingerprint density at radius 3 is 1.63 bits per heavy atom. The molecule has 3 aromatic rings. The van der Waals surface area contributed by atoms with E-state index in [9.17, 15) is 0 Å². The van der Waals surface area contributed by atoms with Crippen LogP contribution in [0.4, 0.5) is 0 Å². The van der Waals surface area contributed by atoms with Gasteiger partial charge >= 0.3 is 6.03 Å². The smallest absolute Gasteiger partial charge is 0.340 e. The quantitative estimate of drug-likeness (QED) is 0.0999. The van der Waals surface area contributed by atoms with E-state index in [1.165, 1.54) is 151 Å². The van der Waals surface area contributed by atoms with E-state index in [-0.39, 0.29) is 21.9 Å². The van der Waals surface area contributed by atoms with Crippen molar-refractivity contribution in [2.75, 3.05) is 26.2 Å². The maximum atomic E-state index is 7.62. The standard InChI is InChI=1S/C57H86N3O2/c1-14-18-26-43-27-24-28-44(29-25-35-60(32-19-15-2,33-20-16-3)34-21-17-4)50(43)45-36-42(5)51-46(37-45)40-58-55(12)30-22-23-31-56(55,13)59-41-47-38-48(53(6,7)8)39-49(54(9,10)11)52(47)62-57(58,59)61-51/h24,27-28,36-41H,14-23,25-26,29-35H2,1-13H3/q+3. The Hall–Kier alpha value is -3.44. The van der Waals surface area contributed by atoms with Crippen LogP contribution in [-0.4, -0.2) is 69.4 Å². The molecule has 5 nitrogen and oxygen atoms in total. The summed E-state index contributed by atoms with van der Waals surface area (Å²) >= 11 is 0. The van der Waals surface area contributed by atoms with E-state index >= 15 is 0 Å². The highest BCUT2D eigenvalue weighted by Gasteiger charge is 2.86. The van der Waals surface area contributed by atoms with Gasteiger partial charge in [-0.1, -0.05) is 128 Å². The molecule has 1 aliphatic carbocycles. The molecule has 1 spiro atoms. The summed E-state index contributed by atoms with van der Waals surface area (Å²) in [5.74, 6) is 1.90. The van der Waals surface area contributed by atoms with Crippen LogP contribution in [0.25, 0.3) is 11.1 Å². The van der Waals surface area contributed by atoms with E-state index in [0.717, 1.165) is 37.2 Å². The van der Waals surface area contributed by atoms with Crippen molar-refractivity contribution >= 4 is 12.4 Å². The van der Waals surface area contributed by atoms with Crippen LogP contribution in [0.1, 0.15) is 205 Å². The highest BCUT2D eigenvalue weighted by Crippen LogP contribution is 2.56. The lowest BCUT2D eigenvalue weighted by Gasteiger charge is -2.39. The summed E-state index contributed by atoms with van der Waals surface area (Å²) in [6, 6.07) is 15.8. The molecular weight excluding hydrogens is 759 g/mol. The van der Waals surface area contributed by atoms with Crippen molar-refractivity contribution in [2.24, 2.45) is 0 Å². The summed E-state index contributed by atoms with van der Waals surface area (Å²) in [6.07, 6.45) is 23.1. The zero-order valence-corrected chi connectivity index (χ0v) is 41.8. The van der Waals surface area contributed by atoms with Gasteiger partial charge in [0.1, 0.15) is 0 Å². The lowest BCUT2D eigenvalue weighted by atomic mass is 9.69. The summed E-state index contributed by atoms with van der Waals surface area (Å²) in [6.45, 7) is 35.8. The zero-order valence-electron chi connectivity index (χ0n) is 41.8. The molecule has 3 aliphatic heterocycles. The number of hydrogen-bond acceptors (Lipinski definition) is 2. The van der Waals surface area contributed by atoms with Crippen LogP contribution in [0.3, 0.4) is 0 Å². The van der Waals surface area contributed by atoms with Crippen LogP contribution in [-0.2, 0) is 23.7 Å². The third kappa shape index (κ3) is 8.35. The fourth-order valence-electron chi connectivity index (χ4n) is 11.8. The van der Waals surface area contributed by atoms with Crippen molar-refractivity contribution in [3.63, 3.8) is 0 Å². The average Bonchev–Trinajstić information content (AvgIpc) is 3.39. The molecule has 5 heteroatoms. The van der Waals surface area contributed by atoms with Crippen LogP contribution in [0, 0.1) is 6.92 Å². The van der Waals surface area contributed by atoms with Gasteiger partial charge in [-0.2, -0.15) is 0 Å². The van der Waals surface area contributed by atoms with Crippen molar-refractivity contribution < 1.29 is 23.1 Å². The monoisotopic (exact) mass is 845 g/mol. The van der Waals surface area contributed by atoms with Crippen LogP contribution in [0.15, 0.2) is 42.5 Å². The summed E-state index contributed by atoms with van der Waals surface area (Å²) in [7, 11) is 0. The minimum Gasteiger partial charge on any atom is -0.340 e. The van der Waals surface area contributed by atoms with Crippen LogP contribution in [0.5, 0.6) is 11.5 Å². The molecule has 3 atom stereocenters. The number of nitrogens with zero attached hydrogens (tertiary/aromatic N) is 3. The SMILES string of the molecule is CCCCc1cccc(CCC[N+](CCCC)(CCCC)CCCC)c1-c1cc(C)c2c(c1)C=[N+]1C3(O2)Oc2c(cc(C(C)(C)C)cc2C(C)(C)C)C=[N+]3C2(C)CCCCC12C. The molecule has 0 bridgehead atoms. The largest absolute Gasteiger partial charge is 0.705 e. The van der Waals surface area contributed by atoms with Crippen LogP contribution < -0.4 is 9.47 Å². The number of benzene rings is 3. The van der Waals surface area contributed by atoms with E-state index in [4.69, 9.17) is 9.47 Å². The number of fused-ring (bicyclic) bond motifs is 5. The summed E-state index contributed by atoms with van der Waals surface area (Å²) in [5.41, 5.74) is 11.4. The second kappa shape index (κ2) is 17.9. The summed E-state index contributed by atoms with van der Waals surface area (Å²) in [4.78, 5) is 0. The molecule has 0 amide bonds. The normalized spacial score (nSPS) is 23.0. The third-order valence-corrected chi connectivity index (χ3v) is 15.9. The van der Waals surface area contributed by atoms with E-state index in [2.05, 4.69) is 154 Å². The summed E-state index contributed by atoms with van der Waals surface area (Å²) < 4.78 is 21.6. The molecule has 0 N–H and O–H groups in total. The van der Waals surface area contributed by atoms with Crippen molar-refractivity contribution in [3.8, 4) is 22.6 Å². The molecule has 4 aliphatic rings. The molecule has 1 saturated carbocycles. The molecular formula is C57H86N3O2+3. The first-order chi connectivity index (χ1) is 29.4. The third-order valence-electron chi connectivity index (χ3n) is 15.9.